The Labute approximate surface area is 213 Å². The maximum Gasteiger partial charge on any atom is 0.287 e. The number of nitrogens with one attached hydrogen (secondary N) is 2. The predicted octanol–water partition coefficient (Wildman–Crippen LogP) is 3.14. The molecule has 36 heavy (non-hydrogen) atoms. The van der Waals surface area contributed by atoms with Gasteiger partial charge in [-0.05, 0) is 56.4 Å². The number of hydrogen-bond donors (Lipinski definition) is 2. The van der Waals surface area contributed by atoms with Gasteiger partial charge in [0.05, 0.1) is 18.8 Å². The molecule has 0 spiro atoms. The maximum atomic E-state index is 13.2. The van der Waals surface area contributed by atoms with Crippen molar-refractivity contribution in [2.24, 2.45) is 5.92 Å². The van der Waals surface area contributed by atoms with Crippen LogP contribution in [0.15, 0.2) is 52.2 Å². The van der Waals surface area contributed by atoms with Gasteiger partial charge in [-0.1, -0.05) is 38.2 Å². The van der Waals surface area contributed by atoms with Gasteiger partial charge in [-0.3, -0.25) is 9.59 Å². The van der Waals surface area contributed by atoms with Crippen molar-refractivity contribution in [2.45, 2.75) is 81.4 Å². The van der Waals surface area contributed by atoms with Crippen molar-refractivity contribution in [3.8, 4) is 0 Å². The molecule has 10 heteroatoms. The third-order valence-electron chi connectivity index (χ3n) is 7.31. The van der Waals surface area contributed by atoms with E-state index in [1.165, 1.54) is 42.1 Å². The fraction of sp³-hybridized carbons (Fsp3) is 0.577. The number of aromatic nitrogens is 1. The molecule has 1 saturated heterocycles. The van der Waals surface area contributed by atoms with E-state index in [0.717, 1.165) is 19.3 Å². The Bertz CT molecular complexity index is 1100. The van der Waals surface area contributed by atoms with Crippen molar-refractivity contribution < 1.29 is 22.4 Å². The number of rotatable bonds is 9. The number of ketones is 1. The quantitative estimate of drug-likeness (QED) is 0.525. The van der Waals surface area contributed by atoms with Crippen LogP contribution in [0.25, 0.3) is 0 Å². The number of carbonyl (C=O) groups excluding carboxylic acids is 2. The fourth-order valence-electron chi connectivity index (χ4n) is 5.26. The number of furan rings is 1. The molecule has 1 aliphatic heterocycles. The first kappa shape index (κ1) is 26.5. The van der Waals surface area contributed by atoms with E-state index in [-0.39, 0.29) is 41.1 Å². The van der Waals surface area contributed by atoms with Crippen molar-refractivity contribution in [3.63, 3.8) is 0 Å². The van der Waals surface area contributed by atoms with Crippen molar-refractivity contribution in [2.75, 3.05) is 13.1 Å². The summed E-state index contributed by atoms with van der Waals surface area (Å²) in [5, 5.41) is 6.38. The number of hydrogen-bond acceptors (Lipinski definition) is 7. The van der Waals surface area contributed by atoms with Crippen molar-refractivity contribution in [3.05, 3.63) is 48.6 Å². The lowest BCUT2D eigenvalue weighted by Gasteiger charge is -2.28. The van der Waals surface area contributed by atoms with E-state index in [1.807, 2.05) is 6.92 Å². The second kappa shape index (κ2) is 12.1. The Kier molecular flexibility index (Phi) is 8.92. The van der Waals surface area contributed by atoms with Crippen LogP contribution in [0.3, 0.4) is 0 Å². The zero-order valence-corrected chi connectivity index (χ0v) is 21.6. The van der Waals surface area contributed by atoms with Crippen LogP contribution in [0.2, 0.25) is 0 Å². The Morgan fingerprint density at radius 1 is 1.14 bits per heavy atom. The van der Waals surface area contributed by atoms with Gasteiger partial charge in [-0.2, -0.15) is 4.31 Å². The smallest absolute Gasteiger partial charge is 0.287 e. The molecule has 0 bridgehead atoms. The standard InChI is InChI=1S/C26H36N4O5S/c1-19-12-13-22(23(31)18-30(19)36(33,34)25-11-5-6-14-27-25)28-17-21(16-20-8-3-2-4-9-20)29-26(32)24-10-7-15-35-24/h5-7,10-11,14-15,19-22,28H,2-4,8-9,12-13,16-18H2,1H3,(H,29,32)/t19-,21+,22+/m1/s1. The van der Waals surface area contributed by atoms with Crippen LogP contribution in [0, 0.1) is 5.92 Å². The summed E-state index contributed by atoms with van der Waals surface area (Å²) >= 11 is 0. The molecular formula is C26H36N4O5S. The first-order valence-electron chi connectivity index (χ1n) is 12.9. The SMILES string of the molecule is C[C@@H]1CC[C@H](NC[C@H](CC2CCCCC2)NC(=O)c2ccco2)C(=O)CN1S(=O)(=O)c1ccccn1. The van der Waals surface area contributed by atoms with Gasteiger partial charge in [0.2, 0.25) is 0 Å². The minimum absolute atomic E-state index is 0.0516. The Balaban J connectivity index is 1.41. The molecular weight excluding hydrogens is 480 g/mol. The lowest BCUT2D eigenvalue weighted by Crippen LogP contribution is -2.49. The maximum absolute atomic E-state index is 13.2. The zero-order chi connectivity index (χ0) is 25.5. The fourth-order valence-corrected chi connectivity index (χ4v) is 6.82. The summed E-state index contributed by atoms with van der Waals surface area (Å²) in [7, 11) is -3.88. The minimum Gasteiger partial charge on any atom is -0.459 e. The monoisotopic (exact) mass is 516 g/mol. The highest BCUT2D eigenvalue weighted by atomic mass is 32.2. The lowest BCUT2D eigenvalue weighted by molar-refractivity contribution is -0.121. The van der Waals surface area contributed by atoms with Crippen LogP contribution in [-0.2, 0) is 14.8 Å². The highest BCUT2D eigenvalue weighted by molar-refractivity contribution is 7.89. The molecule has 196 valence electrons. The Morgan fingerprint density at radius 2 is 1.94 bits per heavy atom. The van der Waals surface area contributed by atoms with E-state index in [9.17, 15) is 18.0 Å². The second-order valence-electron chi connectivity index (χ2n) is 9.96. The zero-order valence-electron chi connectivity index (χ0n) is 20.8. The van der Waals surface area contributed by atoms with Crippen LogP contribution in [0.1, 0.15) is 68.8 Å². The molecule has 2 N–H and O–H groups in total. The van der Waals surface area contributed by atoms with Crippen molar-refractivity contribution >= 4 is 21.7 Å². The molecule has 2 aromatic heterocycles. The number of sulfonamides is 1. The normalized spacial score (nSPS) is 23.2. The topological polar surface area (TPSA) is 122 Å². The van der Waals surface area contributed by atoms with Gasteiger partial charge in [0.1, 0.15) is 0 Å². The third kappa shape index (κ3) is 6.60. The van der Waals surface area contributed by atoms with Crippen LogP contribution >= 0.6 is 0 Å². The van der Waals surface area contributed by atoms with Crippen LogP contribution in [0.5, 0.6) is 0 Å². The van der Waals surface area contributed by atoms with Gasteiger partial charge in [-0.15, -0.1) is 0 Å². The first-order valence-corrected chi connectivity index (χ1v) is 14.3. The van der Waals surface area contributed by atoms with Gasteiger partial charge in [0.15, 0.2) is 16.6 Å². The molecule has 2 fully saturated rings. The molecule has 2 aromatic rings. The summed E-state index contributed by atoms with van der Waals surface area (Å²) in [5.41, 5.74) is 0. The highest BCUT2D eigenvalue weighted by Gasteiger charge is 2.37. The summed E-state index contributed by atoms with van der Waals surface area (Å²) in [4.78, 5) is 29.8. The van der Waals surface area contributed by atoms with Gasteiger partial charge in [0.25, 0.3) is 15.9 Å². The molecule has 0 aromatic carbocycles. The van der Waals surface area contributed by atoms with E-state index in [4.69, 9.17) is 4.42 Å². The molecule has 1 amide bonds. The summed E-state index contributed by atoms with van der Waals surface area (Å²) in [6, 6.07) is 7.07. The largest absolute Gasteiger partial charge is 0.459 e. The Hall–Kier alpha value is -2.56. The van der Waals surface area contributed by atoms with E-state index in [2.05, 4.69) is 15.6 Å². The van der Waals surface area contributed by atoms with Crippen LogP contribution in [0.4, 0.5) is 0 Å². The number of amides is 1. The molecule has 3 heterocycles. The lowest BCUT2D eigenvalue weighted by atomic mass is 9.84. The van der Waals surface area contributed by atoms with Crippen LogP contribution in [-0.4, -0.2) is 60.6 Å². The van der Waals surface area contributed by atoms with E-state index in [1.54, 1.807) is 24.3 Å². The summed E-state index contributed by atoms with van der Waals surface area (Å²) < 4.78 is 32.8. The molecule has 1 saturated carbocycles. The number of pyridine rings is 1. The molecule has 9 nitrogen and oxygen atoms in total. The minimum atomic E-state index is -3.88. The van der Waals surface area contributed by atoms with E-state index >= 15 is 0 Å². The predicted molar refractivity (Wildman–Crippen MR) is 135 cm³/mol. The Morgan fingerprint density at radius 3 is 2.64 bits per heavy atom. The molecule has 1 aliphatic carbocycles. The molecule has 0 unspecified atom stereocenters. The average molecular weight is 517 g/mol. The van der Waals surface area contributed by atoms with Crippen molar-refractivity contribution in [1.29, 1.82) is 0 Å². The van der Waals surface area contributed by atoms with Gasteiger partial charge >= 0.3 is 0 Å². The molecule has 4 rings (SSSR count). The third-order valence-corrected chi connectivity index (χ3v) is 9.19. The van der Waals surface area contributed by atoms with Crippen LogP contribution < -0.4 is 10.6 Å². The average Bonchev–Trinajstić information content (AvgIpc) is 3.38. The molecule has 0 radical (unpaired) electrons. The van der Waals surface area contributed by atoms with E-state index < -0.39 is 16.1 Å². The van der Waals surface area contributed by atoms with E-state index in [0.29, 0.717) is 25.3 Å². The first-order chi connectivity index (χ1) is 17.3. The number of nitrogens with zero attached hydrogens (tertiary/aromatic N) is 2. The number of Topliss-reactive ketones (excluding diaryl/α,β-unsaturated/α-hetero) is 1. The summed E-state index contributed by atoms with van der Waals surface area (Å²) in [5.74, 6) is 0.355. The molecule has 3 atom stereocenters. The highest BCUT2D eigenvalue weighted by Crippen LogP contribution is 2.28. The van der Waals surface area contributed by atoms with Crippen molar-refractivity contribution in [1.82, 2.24) is 19.9 Å². The summed E-state index contributed by atoms with van der Waals surface area (Å²) in [6.07, 6.45) is 10.8. The van der Waals surface area contributed by atoms with Gasteiger partial charge < -0.3 is 15.1 Å². The molecule has 2 aliphatic rings. The summed E-state index contributed by atoms with van der Waals surface area (Å²) in [6.45, 7) is 2.05. The van der Waals surface area contributed by atoms with Gasteiger partial charge in [0, 0.05) is 24.8 Å². The number of carbonyl (C=O) groups is 2. The van der Waals surface area contributed by atoms with Gasteiger partial charge in [-0.25, -0.2) is 13.4 Å². The second-order valence-corrected chi connectivity index (χ2v) is 11.8.